The number of unbranched alkanes of at least 4 members (excludes halogenated alkanes) is 2. The van der Waals surface area contributed by atoms with Gasteiger partial charge in [-0.2, -0.15) is 0 Å². The van der Waals surface area contributed by atoms with Crippen molar-refractivity contribution in [3.8, 4) is 5.75 Å². The first-order valence-electron chi connectivity index (χ1n) is 6.44. The predicted octanol–water partition coefficient (Wildman–Crippen LogP) is 4.30. The van der Waals surface area contributed by atoms with E-state index in [9.17, 15) is 4.79 Å². The van der Waals surface area contributed by atoms with Crippen molar-refractivity contribution < 1.29 is 9.53 Å². The molecule has 0 saturated heterocycles. The lowest BCUT2D eigenvalue weighted by Crippen LogP contribution is -2.07. The number of carbonyl (C=O) groups is 1. The van der Waals surface area contributed by atoms with Crippen molar-refractivity contribution in [2.24, 2.45) is 0 Å². The van der Waals surface area contributed by atoms with E-state index in [4.69, 9.17) is 4.74 Å². The molecule has 0 N–H and O–H groups in total. The molecule has 0 radical (unpaired) electrons. The van der Waals surface area contributed by atoms with E-state index in [0.717, 1.165) is 19.3 Å². The SMILES string of the molecule is CCCCCC(=O)Oc1ccc(C(C)C)cc1. The van der Waals surface area contributed by atoms with Gasteiger partial charge in [0.05, 0.1) is 0 Å². The monoisotopic (exact) mass is 234 g/mol. The van der Waals surface area contributed by atoms with Crippen LogP contribution in [0.25, 0.3) is 0 Å². The summed E-state index contributed by atoms with van der Waals surface area (Å²) in [5, 5.41) is 0. The Kier molecular flexibility index (Phi) is 5.75. The molecule has 1 aromatic carbocycles. The van der Waals surface area contributed by atoms with E-state index in [1.807, 2.05) is 24.3 Å². The van der Waals surface area contributed by atoms with Gasteiger partial charge in [-0.1, -0.05) is 45.7 Å². The molecule has 0 fully saturated rings. The zero-order valence-corrected chi connectivity index (χ0v) is 11.0. The lowest BCUT2D eigenvalue weighted by molar-refractivity contribution is -0.134. The molecule has 0 aromatic heterocycles. The smallest absolute Gasteiger partial charge is 0.311 e. The Hall–Kier alpha value is -1.31. The fourth-order valence-corrected chi connectivity index (χ4v) is 1.62. The van der Waals surface area contributed by atoms with Crippen molar-refractivity contribution in [2.75, 3.05) is 0 Å². The van der Waals surface area contributed by atoms with Crippen molar-refractivity contribution in [1.82, 2.24) is 0 Å². The van der Waals surface area contributed by atoms with Crippen LogP contribution in [0.5, 0.6) is 5.75 Å². The molecule has 0 unspecified atom stereocenters. The van der Waals surface area contributed by atoms with Crippen LogP contribution in [-0.2, 0) is 4.79 Å². The molecule has 1 rings (SSSR count). The van der Waals surface area contributed by atoms with Gasteiger partial charge in [0.15, 0.2) is 0 Å². The first kappa shape index (κ1) is 13.8. The van der Waals surface area contributed by atoms with E-state index in [1.165, 1.54) is 5.56 Å². The van der Waals surface area contributed by atoms with E-state index in [1.54, 1.807) is 0 Å². The van der Waals surface area contributed by atoms with Crippen LogP contribution in [0.15, 0.2) is 24.3 Å². The summed E-state index contributed by atoms with van der Waals surface area (Å²) in [7, 11) is 0. The van der Waals surface area contributed by atoms with Gasteiger partial charge in [0.25, 0.3) is 0 Å². The topological polar surface area (TPSA) is 26.3 Å². The number of esters is 1. The van der Waals surface area contributed by atoms with Crippen LogP contribution in [-0.4, -0.2) is 5.97 Å². The second-order valence-corrected chi connectivity index (χ2v) is 4.65. The Balaban J connectivity index is 2.43. The number of hydrogen-bond donors (Lipinski definition) is 0. The summed E-state index contributed by atoms with van der Waals surface area (Å²) in [4.78, 5) is 11.5. The van der Waals surface area contributed by atoms with Crippen LogP contribution in [0.2, 0.25) is 0 Å². The first-order chi connectivity index (χ1) is 8.13. The van der Waals surface area contributed by atoms with Crippen molar-refractivity contribution in [2.45, 2.75) is 52.4 Å². The molecule has 1 aromatic rings. The average molecular weight is 234 g/mol. The standard InChI is InChI=1S/C15H22O2/c1-4-5-6-7-15(16)17-14-10-8-13(9-11-14)12(2)3/h8-12H,4-7H2,1-3H3. The summed E-state index contributed by atoms with van der Waals surface area (Å²) in [5.41, 5.74) is 1.26. The maximum absolute atomic E-state index is 11.5. The van der Waals surface area contributed by atoms with Crippen molar-refractivity contribution >= 4 is 5.97 Å². The second kappa shape index (κ2) is 7.10. The highest BCUT2D eigenvalue weighted by molar-refractivity contribution is 5.72. The third kappa shape index (κ3) is 5.03. The maximum Gasteiger partial charge on any atom is 0.311 e. The van der Waals surface area contributed by atoms with Gasteiger partial charge in [-0.05, 0) is 30.0 Å². The normalized spacial score (nSPS) is 10.6. The van der Waals surface area contributed by atoms with Crippen LogP contribution in [0.4, 0.5) is 0 Å². The largest absolute Gasteiger partial charge is 0.427 e. The molecule has 17 heavy (non-hydrogen) atoms. The van der Waals surface area contributed by atoms with Gasteiger partial charge < -0.3 is 4.74 Å². The molecule has 0 heterocycles. The summed E-state index contributed by atoms with van der Waals surface area (Å²) in [6, 6.07) is 7.76. The summed E-state index contributed by atoms with van der Waals surface area (Å²) in [5.74, 6) is 1.02. The quantitative estimate of drug-likeness (QED) is 0.417. The molecular weight excluding hydrogens is 212 g/mol. The Labute approximate surface area is 104 Å². The molecule has 2 heteroatoms. The van der Waals surface area contributed by atoms with E-state index in [0.29, 0.717) is 18.1 Å². The van der Waals surface area contributed by atoms with Crippen LogP contribution < -0.4 is 4.74 Å². The third-order valence-corrected chi connectivity index (χ3v) is 2.76. The van der Waals surface area contributed by atoms with Crippen LogP contribution in [0.3, 0.4) is 0 Å². The molecule has 0 bridgehead atoms. The van der Waals surface area contributed by atoms with Gasteiger partial charge in [-0.25, -0.2) is 0 Å². The van der Waals surface area contributed by atoms with Gasteiger partial charge in [0.1, 0.15) is 5.75 Å². The van der Waals surface area contributed by atoms with Gasteiger partial charge >= 0.3 is 5.97 Å². The Morgan fingerprint density at radius 2 is 1.82 bits per heavy atom. The van der Waals surface area contributed by atoms with Crippen LogP contribution >= 0.6 is 0 Å². The third-order valence-electron chi connectivity index (χ3n) is 2.76. The number of rotatable bonds is 6. The fraction of sp³-hybridized carbons (Fsp3) is 0.533. The summed E-state index contributed by atoms with van der Waals surface area (Å²) < 4.78 is 5.26. The predicted molar refractivity (Wildman–Crippen MR) is 70.3 cm³/mol. The lowest BCUT2D eigenvalue weighted by Gasteiger charge is -2.07. The maximum atomic E-state index is 11.5. The number of ether oxygens (including phenoxy) is 1. The molecule has 94 valence electrons. The lowest BCUT2D eigenvalue weighted by atomic mass is 10.0. The van der Waals surface area contributed by atoms with E-state index in [-0.39, 0.29) is 5.97 Å². The molecule has 0 spiro atoms. The van der Waals surface area contributed by atoms with Crippen LogP contribution in [0.1, 0.15) is 57.9 Å². The molecule has 0 aliphatic carbocycles. The van der Waals surface area contributed by atoms with Gasteiger partial charge in [0.2, 0.25) is 0 Å². The van der Waals surface area contributed by atoms with Crippen molar-refractivity contribution in [3.63, 3.8) is 0 Å². The number of hydrogen-bond acceptors (Lipinski definition) is 2. The molecular formula is C15H22O2. The molecule has 0 aliphatic rings. The van der Waals surface area contributed by atoms with E-state index < -0.39 is 0 Å². The van der Waals surface area contributed by atoms with Gasteiger partial charge in [-0.15, -0.1) is 0 Å². The van der Waals surface area contributed by atoms with Crippen molar-refractivity contribution in [3.05, 3.63) is 29.8 Å². The summed E-state index contributed by atoms with van der Waals surface area (Å²) in [6.45, 7) is 6.41. The highest BCUT2D eigenvalue weighted by Gasteiger charge is 2.05. The molecule has 0 saturated carbocycles. The zero-order chi connectivity index (χ0) is 12.7. The fourth-order valence-electron chi connectivity index (χ4n) is 1.62. The summed E-state index contributed by atoms with van der Waals surface area (Å²) in [6.07, 6.45) is 3.64. The molecule has 0 amide bonds. The summed E-state index contributed by atoms with van der Waals surface area (Å²) >= 11 is 0. The number of benzene rings is 1. The minimum Gasteiger partial charge on any atom is -0.427 e. The average Bonchev–Trinajstić information content (AvgIpc) is 2.30. The molecule has 0 aliphatic heterocycles. The number of carbonyl (C=O) groups excluding carboxylic acids is 1. The molecule has 2 nitrogen and oxygen atoms in total. The first-order valence-corrected chi connectivity index (χ1v) is 6.44. The highest BCUT2D eigenvalue weighted by atomic mass is 16.5. The highest BCUT2D eigenvalue weighted by Crippen LogP contribution is 2.19. The van der Waals surface area contributed by atoms with Gasteiger partial charge in [0, 0.05) is 6.42 Å². The van der Waals surface area contributed by atoms with E-state index in [2.05, 4.69) is 20.8 Å². The van der Waals surface area contributed by atoms with E-state index >= 15 is 0 Å². The molecule has 0 atom stereocenters. The van der Waals surface area contributed by atoms with Gasteiger partial charge in [-0.3, -0.25) is 4.79 Å². The minimum atomic E-state index is -0.129. The Morgan fingerprint density at radius 1 is 1.18 bits per heavy atom. The van der Waals surface area contributed by atoms with Crippen molar-refractivity contribution in [1.29, 1.82) is 0 Å². The zero-order valence-electron chi connectivity index (χ0n) is 11.0. The Bertz CT molecular complexity index is 338. The second-order valence-electron chi connectivity index (χ2n) is 4.65. The van der Waals surface area contributed by atoms with Crippen LogP contribution in [0, 0.1) is 0 Å². The Morgan fingerprint density at radius 3 is 2.35 bits per heavy atom. The minimum absolute atomic E-state index is 0.129.